The van der Waals surface area contributed by atoms with E-state index < -0.39 is 18.1 Å². The summed E-state index contributed by atoms with van der Waals surface area (Å²) in [6.45, 7) is 2.30. The zero-order valence-corrected chi connectivity index (χ0v) is 10.2. The summed E-state index contributed by atoms with van der Waals surface area (Å²) in [5.74, 6) is -0.668. The molecule has 2 amide bonds. The van der Waals surface area contributed by atoms with Crippen LogP contribution in [0.25, 0.3) is 0 Å². The summed E-state index contributed by atoms with van der Waals surface area (Å²) in [5, 5.41) is 0. The first kappa shape index (κ1) is 12.6. The maximum atomic E-state index is 11.8. The molecule has 0 bridgehead atoms. The Labute approximate surface area is 106 Å². The smallest absolute Gasteiger partial charge is 0.249 e. The monoisotopic (exact) mass is 248 g/mol. The third-order valence-electron chi connectivity index (χ3n) is 3.09. The molecule has 1 saturated heterocycles. The standard InChI is InChI=1S/C13H16N2O3/c1-2-15-10(16)8-18-12(13(14)17)11(15)9-6-4-3-5-7-9/h3-7,11-12H,2,8H2,1H3,(H2,14,17)/t11-,12-/m0/s1. The van der Waals surface area contributed by atoms with E-state index in [1.165, 1.54) is 0 Å². The van der Waals surface area contributed by atoms with E-state index >= 15 is 0 Å². The molecule has 1 aromatic rings. The van der Waals surface area contributed by atoms with Crippen molar-refractivity contribution in [3.8, 4) is 0 Å². The highest BCUT2D eigenvalue weighted by molar-refractivity contribution is 5.85. The van der Waals surface area contributed by atoms with Crippen LogP contribution in [0.5, 0.6) is 0 Å². The van der Waals surface area contributed by atoms with Gasteiger partial charge in [0.05, 0.1) is 6.04 Å². The summed E-state index contributed by atoms with van der Waals surface area (Å²) in [7, 11) is 0. The van der Waals surface area contributed by atoms with Crippen LogP contribution in [0.1, 0.15) is 18.5 Å². The van der Waals surface area contributed by atoms with E-state index in [2.05, 4.69) is 0 Å². The number of nitrogens with zero attached hydrogens (tertiary/aromatic N) is 1. The molecule has 0 spiro atoms. The lowest BCUT2D eigenvalue weighted by Gasteiger charge is -2.39. The van der Waals surface area contributed by atoms with Crippen LogP contribution < -0.4 is 5.73 Å². The van der Waals surface area contributed by atoms with Crippen LogP contribution in [0.4, 0.5) is 0 Å². The van der Waals surface area contributed by atoms with Crippen LogP contribution in [-0.2, 0) is 14.3 Å². The predicted molar refractivity (Wildman–Crippen MR) is 65.5 cm³/mol. The first-order valence-electron chi connectivity index (χ1n) is 5.90. The van der Waals surface area contributed by atoms with Gasteiger partial charge < -0.3 is 15.4 Å². The molecule has 1 aromatic carbocycles. The number of ether oxygens (including phenoxy) is 1. The fourth-order valence-corrected chi connectivity index (χ4v) is 2.27. The lowest BCUT2D eigenvalue weighted by molar-refractivity contribution is -0.162. The molecule has 1 aliphatic rings. The third kappa shape index (κ3) is 2.22. The van der Waals surface area contributed by atoms with Crippen LogP contribution in [0.15, 0.2) is 30.3 Å². The maximum absolute atomic E-state index is 11.8. The summed E-state index contributed by atoms with van der Waals surface area (Å²) in [5.41, 5.74) is 6.21. The van der Waals surface area contributed by atoms with Crippen LogP contribution in [0.3, 0.4) is 0 Å². The Kier molecular flexibility index (Phi) is 3.62. The van der Waals surface area contributed by atoms with Crippen molar-refractivity contribution in [2.24, 2.45) is 5.73 Å². The fourth-order valence-electron chi connectivity index (χ4n) is 2.27. The van der Waals surface area contributed by atoms with Gasteiger partial charge in [0.25, 0.3) is 0 Å². The van der Waals surface area contributed by atoms with Crippen molar-refractivity contribution in [3.63, 3.8) is 0 Å². The molecule has 0 aliphatic carbocycles. The van der Waals surface area contributed by atoms with Crippen molar-refractivity contribution in [2.45, 2.75) is 19.1 Å². The maximum Gasteiger partial charge on any atom is 0.249 e. The second-order valence-corrected chi connectivity index (χ2v) is 4.17. The number of morpholine rings is 1. The first-order chi connectivity index (χ1) is 8.65. The highest BCUT2D eigenvalue weighted by Gasteiger charge is 2.39. The normalized spacial score (nSPS) is 24.1. The Hall–Kier alpha value is -1.88. The average molecular weight is 248 g/mol. The van der Waals surface area contributed by atoms with E-state index in [-0.39, 0.29) is 12.5 Å². The Morgan fingerprint density at radius 2 is 2.11 bits per heavy atom. The Balaban J connectivity index is 2.40. The Morgan fingerprint density at radius 3 is 2.67 bits per heavy atom. The van der Waals surface area contributed by atoms with E-state index in [1.807, 2.05) is 37.3 Å². The van der Waals surface area contributed by atoms with Crippen molar-refractivity contribution in [2.75, 3.05) is 13.2 Å². The predicted octanol–water partition coefficient (Wildman–Crippen LogP) is 0.460. The molecule has 5 heteroatoms. The van der Waals surface area contributed by atoms with Gasteiger partial charge in [0.15, 0.2) is 6.10 Å². The minimum absolute atomic E-state index is 0.0925. The number of carbonyl (C=O) groups excluding carboxylic acids is 2. The third-order valence-corrected chi connectivity index (χ3v) is 3.09. The SMILES string of the molecule is CCN1C(=O)CO[C@H](C(N)=O)[C@@H]1c1ccccc1. The van der Waals surface area contributed by atoms with Gasteiger partial charge in [-0.15, -0.1) is 0 Å². The number of carbonyl (C=O) groups is 2. The quantitative estimate of drug-likeness (QED) is 0.844. The second-order valence-electron chi connectivity index (χ2n) is 4.17. The molecule has 5 nitrogen and oxygen atoms in total. The zero-order chi connectivity index (χ0) is 13.1. The summed E-state index contributed by atoms with van der Waals surface area (Å²) < 4.78 is 5.29. The zero-order valence-electron chi connectivity index (χ0n) is 10.2. The molecule has 0 aromatic heterocycles. The number of likely N-dealkylation sites (N-methyl/N-ethyl adjacent to an activating group) is 1. The van der Waals surface area contributed by atoms with Crippen molar-refractivity contribution in [3.05, 3.63) is 35.9 Å². The molecule has 96 valence electrons. The highest BCUT2D eigenvalue weighted by Crippen LogP contribution is 2.29. The fraction of sp³-hybridized carbons (Fsp3) is 0.385. The summed E-state index contributed by atoms with van der Waals surface area (Å²) in [4.78, 5) is 24.9. The summed E-state index contributed by atoms with van der Waals surface area (Å²) >= 11 is 0. The number of benzene rings is 1. The molecule has 2 atom stereocenters. The minimum Gasteiger partial charge on any atom is -0.367 e. The molecule has 0 saturated carbocycles. The van der Waals surface area contributed by atoms with Gasteiger partial charge in [0.2, 0.25) is 11.8 Å². The van der Waals surface area contributed by atoms with Crippen molar-refractivity contribution < 1.29 is 14.3 Å². The van der Waals surface area contributed by atoms with Gasteiger partial charge in [-0.3, -0.25) is 9.59 Å². The molecular weight excluding hydrogens is 232 g/mol. The molecule has 1 aliphatic heterocycles. The molecule has 1 heterocycles. The van der Waals surface area contributed by atoms with E-state index in [0.29, 0.717) is 6.54 Å². The number of hydrogen-bond acceptors (Lipinski definition) is 3. The van der Waals surface area contributed by atoms with Crippen LogP contribution >= 0.6 is 0 Å². The second kappa shape index (κ2) is 5.18. The Morgan fingerprint density at radius 1 is 1.44 bits per heavy atom. The number of nitrogens with two attached hydrogens (primary N) is 1. The molecule has 2 rings (SSSR count). The van der Waals surface area contributed by atoms with Gasteiger partial charge in [0.1, 0.15) is 6.61 Å². The van der Waals surface area contributed by atoms with E-state index in [1.54, 1.807) is 4.90 Å². The summed E-state index contributed by atoms with van der Waals surface area (Å²) in [6, 6.07) is 8.90. The van der Waals surface area contributed by atoms with Crippen molar-refractivity contribution in [1.82, 2.24) is 4.90 Å². The number of hydrogen-bond donors (Lipinski definition) is 1. The van der Waals surface area contributed by atoms with Crippen molar-refractivity contribution in [1.29, 1.82) is 0 Å². The number of rotatable bonds is 3. The Bertz CT molecular complexity index is 445. The van der Waals surface area contributed by atoms with Gasteiger partial charge in [-0.1, -0.05) is 30.3 Å². The molecule has 2 N–H and O–H groups in total. The molecule has 1 fully saturated rings. The lowest BCUT2D eigenvalue weighted by Crippen LogP contribution is -2.53. The van der Waals surface area contributed by atoms with E-state index in [9.17, 15) is 9.59 Å². The number of amides is 2. The van der Waals surface area contributed by atoms with Gasteiger partial charge in [-0.25, -0.2) is 0 Å². The lowest BCUT2D eigenvalue weighted by atomic mass is 9.97. The van der Waals surface area contributed by atoms with Gasteiger partial charge in [-0.2, -0.15) is 0 Å². The number of primary amides is 1. The largest absolute Gasteiger partial charge is 0.367 e. The molecule has 18 heavy (non-hydrogen) atoms. The van der Waals surface area contributed by atoms with E-state index in [4.69, 9.17) is 10.5 Å². The topological polar surface area (TPSA) is 72.6 Å². The van der Waals surface area contributed by atoms with Gasteiger partial charge in [-0.05, 0) is 12.5 Å². The summed E-state index contributed by atoms with van der Waals surface area (Å²) in [6.07, 6.45) is -0.787. The van der Waals surface area contributed by atoms with Crippen LogP contribution in [0, 0.1) is 0 Å². The average Bonchev–Trinajstić information content (AvgIpc) is 2.39. The molecule has 0 radical (unpaired) electrons. The minimum atomic E-state index is -0.787. The van der Waals surface area contributed by atoms with Crippen molar-refractivity contribution >= 4 is 11.8 Å². The highest BCUT2D eigenvalue weighted by atomic mass is 16.5. The van der Waals surface area contributed by atoms with E-state index in [0.717, 1.165) is 5.56 Å². The molecular formula is C13H16N2O3. The van der Waals surface area contributed by atoms with Gasteiger partial charge in [0, 0.05) is 6.54 Å². The van der Waals surface area contributed by atoms with Crippen LogP contribution in [-0.4, -0.2) is 36.0 Å². The first-order valence-corrected chi connectivity index (χ1v) is 5.90. The van der Waals surface area contributed by atoms with Crippen LogP contribution in [0.2, 0.25) is 0 Å². The van der Waals surface area contributed by atoms with Gasteiger partial charge >= 0.3 is 0 Å². The molecule has 0 unspecified atom stereocenters.